The molecule has 0 aliphatic carbocycles. The lowest BCUT2D eigenvalue weighted by Gasteiger charge is -2.38. The second kappa shape index (κ2) is 12.1. The van der Waals surface area contributed by atoms with Crippen LogP contribution in [0.25, 0.3) is 0 Å². The molecule has 2 heterocycles. The quantitative estimate of drug-likeness (QED) is 0.406. The van der Waals surface area contributed by atoms with E-state index < -0.39 is 23.6 Å². The number of dihydropyridines is 1. The first-order valence-corrected chi connectivity index (χ1v) is 13.0. The number of nitrogens with one attached hydrogen (secondary N) is 1. The fourth-order valence-electron chi connectivity index (χ4n) is 4.48. The summed E-state index contributed by atoms with van der Waals surface area (Å²) in [5, 5.41) is 12.7. The Morgan fingerprint density at radius 1 is 1.00 bits per heavy atom. The zero-order chi connectivity index (χ0) is 28.2. The third kappa shape index (κ3) is 7.00. The monoisotopic (exact) mass is 562 g/mol. The van der Waals surface area contributed by atoms with Crippen LogP contribution in [0.4, 0.5) is 4.79 Å². The molecule has 1 atom stereocenters. The summed E-state index contributed by atoms with van der Waals surface area (Å²) in [6, 6.07) is 6.85. The molecular formula is C27H32Cl2N4O5. The average Bonchev–Trinajstić information content (AvgIpc) is 2.81. The second-order valence-electron chi connectivity index (χ2n) is 10.1. The molecule has 2 aliphatic heterocycles. The molecule has 0 radical (unpaired) electrons. The van der Waals surface area contributed by atoms with Gasteiger partial charge < -0.3 is 24.6 Å². The van der Waals surface area contributed by atoms with Gasteiger partial charge in [0, 0.05) is 53.2 Å². The maximum absolute atomic E-state index is 14.0. The Morgan fingerprint density at radius 2 is 1.55 bits per heavy atom. The number of hydrogen-bond donors (Lipinski definition) is 1. The van der Waals surface area contributed by atoms with E-state index in [4.69, 9.17) is 37.9 Å². The van der Waals surface area contributed by atoms with Crippen molar-refractivity contribution in [1.82, 2.24) is 15.1 Å². The Hall–Kier alpha value is -3.22. The highest BCUT2D eigenvalue weighted by atomic mass is 35.5. The number of carbonyl (C=O) groups excluding carboxylic acids is 3. The number of ether oxygens (including phenoxy) is 2. The summed E-state index contributed by atoms with van der Waals surface area (Å²) in [7, 11) is 0. The van der Waals surface area contributed by atoms with E-state index in [9.17, 15) is 14.4 Å². The van der Waals surface area contributed by atoms with Gasteiger partial charge in [0.25, 0.3) is 5.91 Å². The Morgan fingerprint density at radius 3 is 2.11 bits per heavy atom. The molecular weight excluding hydrogens is 531 g/mol. The zero-order valence-corrected chi connectivity index (χ0v) is 23.7. The van der Waals surface area contributed by atoms with E-state index in [0.717, 1.165) is 0 Å². The lowest BCUT2D eigenvalue weighted by Crippen LogP contribution is -2.52. The SMILES string of the molecule is CC1=C(C(=O)OCCC#N)C(c2cc(Cl)cc(Cl)c2)C(C(=O)N2CCN(C(=O)OC(C)(C)C)CC2)=C(C)N1. The summed E-state index contributed by atoms with van der Waals surface area (Å²) >= 11 is 12.6. The summed E-state index contributed by atoms with van der Waals surface area (Å²) in [5.74, 6) is -1.73. The molecule has 3 rings (SSSR count). The predicted molar refractivity (Wildman–Crippen MR) is 143 cm³/mol. The van der Waals surface area contributed by atoms with Crippen molar-refractivity contribution in [2.75, 3.05) is 32.8 Å². The van der Waals surface area contributed by atoms with E-state index in [-0.39, 0.29) is 24.5 Å². The molecule has 204 valence electrons. The van der Waals surface area contributed by atoms with Crippen LogP contribution in [0.3, 0.4) is 0 Å². The lowest BCUT2D eigenvalue weighted by atomic mass is 9.79. The third-order valence-electron chi connectivity index (χ3n) is 6.09. The number of amides is 2. The third-order valence-corrected chi connectivity index (χ3v) is 6.53. The number of esters is 1. The number of allylic oxidation sites excluding steroid dienone is 2. The molecule has 0 aromatic heterocycles. The van der Waals surface area contributed by atoms with Crippen molar-refractivity contribution >= 4 is 41.2 Å². The normalized spacial score (nSPS) is 18.1. The number of halogens is 2. The Kier molecular flexibility index (Phi) is 9.34. The van der Waals surface area contributed by atoms with Crippen molar-refractivity contribution in [3.8, 4) is 6.07 Å². The van der Waals surface area contributed by atoms with E-state index in [1.165, 1.54) is 0 Å². The van der Waals surface area contributed by atoms with Gasteiger partial charge in [0.15, 0.2) is 0 Å². The molecule has 1 aromatic rings. The summed E-state index contributed by atoms with van der Waals surface area (Å²) in [6.45, 7) is 10.0. The molecule has 1 unspecified atom stereocenters. The van der Waals surface area contributed by atoms with Crippen molar-refractivity contribution in [3.05, 3.63) is 56.3 Å². The number of carbonyl (C=O) groups is 3. The second-order valence-corrected chi connectivity index (χ2v) is 11.0. The topological polar surface area (TPSA) is 112 Å². The van der Waals surface area contributed by atoms with Crippen LogP contribution < -0.4 is 5.32 Å². The number of hydrogen-bond acceptors (Lipinski definition) is 7. The zero-order valence-electron chi connectivity index (χ0n) is 22.2. The van der Waals surface area contributed by atoms with Gasteiger partial charge in [0.1, 0.15) is 12.2 Å². The van der Waals surface area contributed by atoms with Crippen molar-refractivity contribution in [2.45, 2.75) is 52.6 Å². The van der Waals surface area contributed by atoms with Crippen molar-refractivity contribution in [3.63, 3.8) is 0 Å². The molecule has 1 saturated heterocycles. The van der Waals surface area contributed by atoms with Gasteiger partial charge in [0.2, 0.25) is 0 Å². The maximum Gasteiger partial charge on any atom is 0.410 e. The minimum atomic E-state index is -0.807. The summed E-state index contributed by atoms with van der Waals surface area (Å²) in [5.41, 5.74) is 1.64. The fourth-order valence-corrected chi connectivity index (χ4v) is 5.02. The maximum atomic E-state index is 14.0. The van der Waals surface area contributed by atoms with E-state index >= 15 is 0 Å². The fraction of sp³-hybridized carbons (Fsp3) is 0.481. The first-order valence-electron chi connectivity index (χ1n) is 12.3. The van der Waals surface area contributed by atoms with Gasteiger partial charge in [-0.2, -0.15) is 5.26 Å². The van der Waals surface area contributed by atoms with E-state index in [0.29, 0.717) is 58.8 Å². The minimum Gasteiger partial charge on any atom is -0.461 e. The van der Waals surface area contributed by atoms with Crippen LogP contribution in [-0.2, 0) is 19.1 Å². The van der Waals surface area contributed by atoms with Crippen molar-refractivity contribution in [1.29, 1.82) is 5.26 Å². The Bertz CT molecular complexity index is 1200. The van der Waals surface area contributed by atoms with Crippen LogP contribution >= 0.6 is 23.2 Å². The largest absolute Gasteiger partial charge is 0.461 e. The van der Waals surface area contributed by atoms with E-state index in [1.54, 1.807) is 62.6 Å². The van der Waals surface area contributed by atoms with Crippen molar-refractivity contribution < 1.29 is 23.9 Å². The molecule has 0 saturated carbocycles. The molecule has 11 heteroatoms. The van der Waals surface area contributed by atoms with E-state index in [2.05, 4.69) is 5.32 Å². The number of benzene rings is 1. The Balaban J connectivity index is 1.93. The molecule has 0 spiro atoms. The van der Waals surface area contributed by atoms with Gasteiger partial charge in [-0.05, 0) is 58.4 Å². The molecule has 1 aromatic carbocycles. The Labute approximate surface area is 232 Å². The summed E-state index contributed by atoms with van der Waals surface area (Å²) in [6.07, 6.45) is -0.381. The minimum absolute atomic E-state index is 0.0434. The highest BCUT2D eigenvalue weighted by Crippen LogP contribution is 2.41. The first-order chi connectivity index (χ1) is 17.8. The van der Waals surface area contributed by atoms with Gasteiger partial charge >= 0.3 is 12.1 Å². The standard InChI is InChI=1S/C27H32Cl2N4O5/c1-16-21(24(34)32-8-10-33(11-9-32)26(36)38-27(3,4)5)23(18-13-19(28)15-20(29)14-18)22(17(2)31-16)25(35)37-12-6-7-30/h13-15,23,31H,6,8-12H2,1-5H3. The highest BCUT2D eigenvalue weighted by molar-refractivity contribution is 6.34. The van der Waals surface area contributed by atoms with Gasteiger partial charge in [-0.25, -0.2) is 9.59 Å². The summed E-state index contributed by atoms with van der Waals surface area (Å²) < 4.78 is 10.8. The molecule has 2 amide bonds. The van der Waals surface area contributed by atoms with Gasteiger partial charge in [-0.15, -0.1) is 0 Å². The molecule has 38 heavy (non-hydrogen) atoms. The predicted octanol–water partition coefficient (Wildman–Crippen LogP) is 4.76. The molecule has 1 fully saturated rings. The van der Waals surface area contributed by atoms with Gasteiger partial charge in [-0.1, -0.05) is 23.2 Å². The lowest BCUT2D eigenvalue weighted by molar-refractivity contribution is -0.139. The van der Waals surface area contributed by atoms with Crippen molar-refractivity contribution in [2.24, 2.45) is 0 Å². The van der Waals surface area contributed by atoms with Crippen LogP contribution in [0.15, 0.2) is 40.7 Å². The number of nitriles is 1. The van der Waals surface area contributed by atoms with Gasteiger partial charge in [0.05, 0.1) is 24.0 Å². The number of nitrogens with zero attached hydrogens (tertiary/aromatic N) is 3. The number of piperazine rings is 1. The first kappa shape index (κ1) is 29.3. The highest BCUT2D eigenvalue weighted by Gasteiger charge is 2.40. The van der Waals surface area contributed by atoms with Gasteiger partial charge in [-0.3, -0.25) is 4.79 Å². The average molecular weight is 563 g/mol. The van der Waals surface area contributed by atoms with Crippen LogP contribution in [0.2, 0.25) is 10.0 Å². The van der Waals surface area contributed by atoms with Crippen LogP contribution in [0.5, 0.6) is 0 Å². The number of rotatable bonds is 5. The smallest absolute Gasteiger partial charge is 0.410 e. The van der Waals surface area contributed by atoms with Crippen LogP contribution in [0.1, 0.15) is 52.5 Å². The van der Waals surface area contributed by atoms with E-state index in [1.807, 2.05) is 6.07 Å². The molecule has 0 bridgehead atoms. The van der Waals surface area contributed by atoms with Crippen LogP contribution in [0, 0.1) is 11.3 Å². The molecule has 1 N–H and O–H groups in total. The summed E-state index contributed by atoms with van der Waals surface area (Å²) in [4.78, 5) is 42.9. The molecule has 9 nitrogen and oxygen atoms in total. The van der Waals surface area contributed by atoms with Crippen LogP contribution in [-0.4, -0.2) is 66.2 Å². The molecule has 2 aliphatic rings.